The fourth-order valence-corrected chi connectivity index (χ4v) is 2.61. The van der Waals surface area contributed by atoms with Gasteiger partial charge in [-0.3, -0.25) is 9.59 Å². The Morgan fingerprint density at radius 3 is 1.37 bits per heavy atom. The van der Waals surface area contributed by atoms with Crippen molar-refractivity contribution in [3.8, 4) is 11.5 Å². The molecule has 2 N–H and O–H groups in total. The molecule has 30 heavy (non-hydrogen) atoms. The molecule has 0 atom stereocenters. The van der Waals surface area contributed by atoms with E-state index < -0.39 is 0 Å². The highest BCUT2D eigenvalue weighted by atomic mass is 16.5. The summed E-state index contributed by atoms with van der Waals surface area (Å²) in [6.07, 6.45) is 4.41. The number of amides is 2. The summed E-state index contributed by atoms with van der Waals surface area (Å²) in [5.41, 5.74) is 1.36. The molecule has 0 fully saturated rings. The average molecular weight is 413 g/mol. The van der Waals surface area contributed by atoms with Crippen molar-refractivity contribution in [1.82, 2.24) is 0 Å². The normalized spacial score (nSPS) is 10.3. The first-order valence-electron chi connectivity index (χ1n) is 10.7. The number of unbranched alkanes of at least 4 members (excludes halogenated alkanes) is 2. The van der Waals surface area contributed by atoms with Crippen LogP contribution in [0, 0.1) is 0 Å². The molecule has 6 heteroatoms. The van der Waals surface area contributed by atoms with Gasteiger partial charge in [-0.25, -0.2) is 0 Å². The van der Waals surface area contributed by atoms with E-state index in [4.69, 9.17) is 9.47 Å². The minimum atomic E-state index is -0.204. The lowest BCUT2D eigenvalue weighted by Gasteiger charge is -2.09. The molecule has 0 aliphatic rings. The molecule has 0 spiro atoms. The highest BCUT2D eigenvalue weighted by Gasteiger charge is 2.08. The van der Waals surface area contributed by atoms with Crippen molar-refractivity contribution in [2.45, 2.75) is 52.4 Å². The molecule has 0 radical (unpaired) electrons. The van der Waals surface area contributed by atoms with E-state index in [0.717, 1.165) is 37.2 Å². The number of anilines is 2. The largest absolute Gasteiger partial charge is 0.494 e. The van der Waals surface area contributed by atoms with Gasteiger partial charge >= 0.3 is 0 Å². The number of carbonyl (C=O) groups is 2. The third-order valence-electron chi connectivity index (χ3n) is 4.39. The molecule has 2 aromatic carbocycles. The van der Waals surface area contributed by atoms with E-state index >= 15 is 0 Å². The van der Waals surface area contributed by atoms with Gasteiger partial charge in [0, 0.05) is 24.2 Å². The summed E-state index contributed by atoms with van der Waals surface area (Å²) < 4.78 is 11.2. The Morgan fingerprint density at radius 2 is 1.03 bits per heavy atom. The second-order valence-electron chi connectivity index (χ2n) is 7.05. The Hall–Kier alpha value is -3.02. The van der Waals surface area contributed by atoms with Crippen LogP contribution in [0.4, 0.5) is 11.4 Å². The van der Waals surface area contributed by atoms with Crippen LogP contribution in [-0.2, 0) is 9.59 Å². The van der Waals surface area contributed by atoms with Crippen molar-refractivity contribution in [3.63, 3.8) is 0 Å². The lowest BCUT2D eigenvalue weighted by atomic mass is 10.2. The van der Waals surface area contributed by atoms with Gasteiger partial charge < -0.3 is 20.1 Å². The Kier molecular flexibility index (Phi) is 10.3. The van der Waals surface area contributed by atoms with Crippen LogP contribution in [0.15, 0.2) is 48.5 Å². The van der Waals surface area contributed by atoms with Crippen molar-refractivity contribution in [3.05, 3.63) is 48.5 Å². The zero-order valence-electron chi connectivity index (χ0n) is 17.9. The van der Waals surface area contributed by atoms with Crippen LogP contribution in [0.5, 0.6) is 11.5 Å². The summed E-state index contributed by atoms with van der Waals surface area (Å²) in [6, 6.07) is 14.5. The van der Waals surface area contributed by atoms with E-state index in [2.05, 4.69) is 24.5 Å². The molecule has 0 aliphatic carbocycles. The van der Waals surface area contributed by atoms with E-state index in [1.807, 2.05) is 24.3 Å². The maximum absolute atomic E-state index is 12.1. The zero-order valence-corrected chi connectivity index (χ0v) is 17.9. The summed E-state index contributed by atoms with van der Waals surface area (Å²) in [5.74, 6) is 1.15. The van der Waals surface area contributed by atoms with Gasteiger partial charge in [-0.2, -0.15) is 0 Å². The van der Waals surface area contributed by atoms with E-state index in [-0.39, 0.29) is 24.7 Å². The van der Waals surface area contributed by atoms with Gasteiger partial charge in [0.2, 0.25) is 11.8 Å². The maximum Gasteiger partial charge on any atom is 0.224 e. The first-order chi connectivity index (χ1) is 14.6. The van der Waals surface area contributed by atoms with E-state index in [1.54, 1.807) is 24.3 Å². The number of benzene rings is 2. The van der Waals surface area contributed by atoms with Crippen molar-refractivity contribution >= 4 is 23.2 Å². The molecule has 0 saturated carbocycles. The maximum atomic E-state index is 12.1. The molecule has 2 aromatic rings. The fourth-order valence-electron chi connectivity index (χ4n) is 2.61. The van der Waals surface area contributed by atoms with Gasteiger partial charge in [0.15, 0.2) is 0 Å². The predicted molar refractivity (Wildman–Crippen MR) is 120 cm³/mol. The van der Waals surface area contributed by atoms with Gasteiger partial charge in [0.25, 0.3) is 0 Å². The molecule has 6 nitrogen and oxygen atoms in total. The number of nitrogens with one attached hydrogen (secondary N) is 2. The Balaban J connectivity index is 1.69. The molecular formula is C24H32N2O4. The van der Waals surface area contributed by atoms with Crippen molar-refractivity contribution in [1.29, 1.82) is 0 Å². The number of ether oxygens (including phenoxy) is 2. The second kappa shape index (κ2) is 13.2. The molecular weight excluding hydrogens is 380 g/mol. The van der Waals surface area contributed by atoms with Gasteiger partial charge in [0.1, 0.15) is 11.5 Å². The van der Waals surface area contributed by atoms with Crippen LogP contribution in [0.2, 0.25) is 0 Å². The lowest BCUT2D eigenvalue weighted by Crippen LogP contribution is -2.17. The van der Waals surface area contributed by atoms with Gasteiger partial charge in [0.05, 0.1) is 13.2 Å². The monoisotopic (exact) mass is 412 g/mol. The van der Waals surface area contributed by atoms with Crippen LogP contribution in [0.3, 0.4) is 0 Å². The summed E-state index contributed by atoms with van der Waals surface area (Å²) >= 11 is 0. The van der Waals surface area contributed by atoms with Crippen molar-refractivity contribution in [2.75, 3.05) is 23.8 Å². The van der Waals surface area contributed by atoms with Gasteiger partial charge in [-0.05, 0) is 61.4 Å². The fraction of sp³-hybridized carbons (Fsp3) is 0.417. The summed E-state index contributed by atoms with van der Waals surface area (Å²) in [6.45, 7) is 5.60. The predicted octanol–water partition coefficient (Wildman–Crippen LogP) is 5.40. The third kappa shape index (κ3) is 8.99. The van der Waals surface area contributed by atoms with Crippen molar-refractivity contribution in [2.24, 2.45) is 0 Å². The summed E-state index contributed by atoms with van der Waals surface area (Å²) in [7, 11) is 0. The van der Waals surface area contributed by atoms with Crippen molar-refractivity contribution < 1.29 is 19.1 Å². The lowest BCUT2D eigenvalue weighted by molar-refractivity contribution is -0.121. The minimum absolute atomic E-state index is 0.110. The Morgan fingerprint density at radius 1 is 0.667 bits per heavy atom. The molecule has 0 heterocycles. The van der Waals surface area contributed by atoms with Crippen LogP contribution >= 0.6 is 0 Å². The summed E-state index contributed by atoms with van der Waals surface area (Å²) in [4.78, 5) is 24.2. The Labute approximate surface area is 179 Å². The molecule has 0 aromatic heterocycles. The van der Waals surface area contributed by atoms with E-state index in [1.165, 1.54) is 0 Å². The van der Waals surface area contributed by atoms with E-state index in [9.17, 15) is 9.59 Å². The third-order valence-corrected chi connectivity index (χ3v) is 4.39. The quantitative estimate of drug-likeness (QED) is 0.432. The van der Waals surface area contributed by atoms with Crippen LogP contribution in [-0.4, -0.2) is 25.0 Å². The first kappa shape index (κ1) is 23.3. The van der Waals surface area contributed by atoms with E-state index in [0.29, 0.717) is 24.6 Å². The number of hydrogen-bond acceptors (Lipinski definition) is 4. The van der Waals surface area contributed by atoms with Crippen LogP contribution in [0.25, 0.3) is 0 Å². The molecule has 0 aliphatic heterocycles. The van der Waals surface area contributed by atoms with Gasteiger partial charge in [-0.1, -0.05) is 26.7 Å². The molecule has 0 unspecified atom stereocenters. The standard InChI is InChI=1S/C24H32N2O4/c1-3-5-17-29-21-11-7-19(8-12-21)25-23(27)15-16-24(28)26-20-9-13-22(14-10-20)30-18-6-4-2/h7-14H,3-6,15-18H2,1-2H3,(H,25,27)(H,26,28). The minimum Gasteiger partial charge on any atom is -0.494 e. The zero-order chi connectivity index (χ0) is 21.6. The Bertz CT molecular complexity index is 705. The SMILES string of the molecule is CCCCOc1ccc(NC(=O)CCC(=O)Nc2ccc(OCCCC)cc2)cc1. The molecule has 2 rings (SSSR count). The first-order valence-corrected chi connectivity index (χ1v) is 10.7. The number of hydrogen-bond donors (Lipinski definition) is 2. The smallest absolute Gasteiger partial charge is 0.224 e. The molecule has 0 saturated heterocycles. The topological polar surface area (TPSA) is 76.7 Å². The second-order valence-corrected chi connectivity index (χ2v) is 7.05. The molecule has 162 valence electrons. The number of rotatable bonds is 13. The number of carbonyl (C=O) groups excluding carboxylic acids is 2. The summed E-state index contributed by atoms with van der Waals surface area (Å²) in [5, 5.41) is 5.59. The molecule has 2 amide bonds. The molecule has 0 bridgehead atoms. The average Bonchev–Trinajstić information content (AvgIpc) is 2.75. The highest BCUT2D eigenvalue weighted by Crippen LogP contribution is 2.18. The van der Waals surface area contributed by atoms with Crippen LogP contribution in [0.1, 0.15) is 52.4 Å². The van der Waals surface area contributed by atoms with Crippen LogP contribution < -0.4 is 20.1 Å². The highest BCUT2D eigenvalue weighted by molar-refractivity contribution is 5.96. The van der Waals surface area contributed by atoms with Gasteiger partial charge in [-0.15, -0.1) is 0 Å².